The zero-order chi connectivity index (χ0) is 13.1. The summed E-state index contributed by atoms with van der Waals surface area (Å²) < 4.78 is 12.9. The van der Waals surface area contributed by atoms with Crippen molar-refractivity contribution in [2.75, 3.05) is 6.61 Å². The van der Waals surface area contributed by atoms with Gasteiger partial charge in [0.2, 0.25) is 0 Å². The summed E-state index contributed by atoms with van der Waals surface area (Å²) in [6, 6.07) is 3.79. The number of carbonyl (C=O) groups is 1. The lowest BCUT2D eigenvalue weighted by Gasteiger charge is -2.25. The predicted molar refractivity (Wildman–Crippen MR) is 64.7 cm³/mol. The third kappa shape index (κ3) is 3.98. The molecular weight excluding hydrogens is 245 g/mol. The first kappa shape index (κ1) is 13.9. The molecule has 0 aromatic heterocycles. The molecule has 0 fully saturated rings. The highest BCUT2D eigenvalue weighted by Crippen LogP contribution is 2.17. The van der Waals surface area contributed by atoms with Gasteiger partial charge in [-0.15, -0.1) is 0 Å². The van der Waals surface area contributed by atoms with Gasteiger partial charge in [-0.1, -0.05) is 11.6 Å². The molecule has 0 saturated carbocycles. The fourth-order valence-electron chi connectivity index (χ4n) is 1.36. The van der Waals surface area contributed by atoms with Crippen LogP contribution in [0.25, 0.3) is 0 Å². The van der Waals surface area contributed by atoms with E-state index in [-0.39, 0.29) is 17.5 Å². The van der Waals surface area contributed by atoms with Crippen LogP contribution in [0.4, 0.5) is 4.39 Å². The number of hydrogen-bond donors (Lipinski definition) is 2. The largest absolute Gasteiger partial charge is 0.396 e. The van der Waals surface area contributed by atoms with E-state index in [9.17, 15) is 9.18 Å². The van der Waals surface area contributed by atoms with Gasteiger partial charge in [-0.25, -0.2) is 4.39 Å². The molecule has 5 heteroatoms. The summed E-state index contributed by atoms with van der Waals surface area (Å²) >= 11 is 5.60. The lowest BCUT2D eigenvalue weighted by Crippen LogP contribution is -2.44. The summed E-state index contributed by atoms with van der Waals surface area (Å²) in [5.74, 6) is -0.900. The van der Waals surface area contributed by atoms with Crippen molar-refractivity contribution in [1.82, 2.24) is 5.32 Å². The van der Waals surface area contributed by atoms with Crippen molar-refractivity contribution in [3.8, 4) is 0 Å². The van der Waals surface area contributed by atoms with Gasteiger partial charge >= 0.3 is 0 Å². The maximum Gasteiger partial charge on any atom is 0.251 e. The van der Waals surface area contributed by atoms with E-state index in [0.717, 1.165) is 6.07 Å². The van der Waals surface area contributed by atoms with E-state index in [1.165, 1.54) is 12.1 Å². The lowest BCUT2D eigenvalue weighted by atomic mass is 10.0. The number of amides is 1. The van der Waals surface area contributed by atoms with Gasteiger partial charge in [0.05, 0.1) is 5.02 Å². The van der Waals surface area contributed by atoms with Crippen molar-refractivity contribution in [3.05, 3.63) is 34.6 Å². The Hall–Kier alpha value is -1.13. The first-order valence-corrected chi connectivity index (χ1v) is 5.62. The van der Waals surface area contributed by atoms with Crippen molar-refractivity contribution in [2.24, 2.45) is 0 Å². The normalized spacial score (nSPS) is 11.4. The second kappa shape index (κ2) is 5.47. The summed E-state index contributed by atoms with van der Waals surface area (Å²) in [5.41, 5.74) is -0.227. The van der Waals surface area contributed by atoms with E-state index < -0.39 is 11.4 Å². The summed E-state index contributed by atoms with van der Waals surface area (Å²) in [6.07, 6.45) is 0.438. The minimum Gasteiger partial charge on any atom is -0.396 e. The fraction of sp³-hybridized carbons (Fsp3) is 0.417. The SMILES string of the molecule is CC(C)(CCO)NC(=O)c1ccc(F)c(Cl)c1. The molecule has 0 spiro atoms. The Morgan fingerprint density at radius 2 is 2.18 bits per heavy atom. The Balaban J connectivity index is 2.80. The highest BCUT2D eigenvalue weighted by molar-refractivity contribution is 6.31. The van der Waals surface area contributed by atoms with Crippen LogP contribution in [-0.4, -0.2) is 23.2 Å². The molecule has 3 nitrogen and oxygen atoms in total. The van der Waals surface area contributed by atoms with Crippen LogP contribution < -0.4 is 5.32 Å². The molecule has 1 rings (SSSR count). The van der Waals surface area contributed by atoms with Crippen molar-refractivity contribution in [1.29, 1.82) is 0 Å². The van der Waals surface area contributed by atoms with E-state index in [2.05, 4.69) is 5.32 Å². The summed E-state index contributed by atoms with van der Waals surface area (Å²) in [4.78, 5) is 11.8. The van der Waals surface area contributed by atoms with Crippen LogP contribution in [0.2, 0.25) is 5.02 Å². The summed E-state index contributed by atoms with van der Waals surface area (Å²) in [7, 11) is 0. The summed E-state index contributed by atoms with van der Waals surface area (Å²) in [5, 5.41) is 11.5. The molecule has 0 aliphatic carbocycles. The zero-order valence-electron chi connectivity index (χ0n) is 9.76. The van der Waals surface area contributed by atoms with Gasteiger partial charge in [0.25, 0.3) is 5.91 Å². The molecule has 0 bridgehead atoms. The van der Waals surface area contributed by atoms with E-state index in [1.807, 2.05) is 0 Å². The lowest BCUT2D eigenvalue weighted by molar-refractivity contribution is 0.0899. The smallest absolute Gasteiger partial charge is 0.251 e. The average molecular weight is 260 g/mol. The van der Waals surface area contributed by atoms with Crippen LogP contribution >= 0.6 is 11.6 Å². The Labute approximate surface area is 105 Å². The Kier molecular flexibility index (Phi) is 4.48. The van der Waals surface area contributed by atoms with E-state index in [4.69, 9.17) is 16.7 Å². The minimum absolute atomic E-state index is 0.0164. The number of halogens is 2. The first-order valence-electron chi connectivity index (χ1n) is 5.24. The monoisotopic (exact) mass is 259 g/mol. The molecule has 1 amide bonds. The number of aliphatic hydroxyl groups excluding tert-OH is 1. The van der Waals surface area contributed by atoms with E-state index in [0.29, 0.717) is 12.0 Å². The van der Waals surface area contributed by atoms with Crippen molar-refractivity contribution in [3.63, 3.8) is 0 Å². The van der Waals surface area contributed by atoms with Gasteiger partial charge < -0.3 is 10.4 Å². The maximum atomic E-state index is 12.9. The van der Waals surface area contributed by atoms with Crippen molar-refractivity contribution >= 4 is 17.5 Å². The van der Waals surface area contributed by atoms with Gasteiger partial charge in [0.15, 0.2) is 0 Å². The van der Waals surface area contributed by atoms with Crippen molar-refractivity contribution < 1.29 is 14.3 Å². The molecule has 0 heterocycles. The fourth-order valence-corrected chi connectivity index (χ4v) is 1.54. The van der Waals surface area contributed by atoms with Gasteiger partial charge in [0.1, 0.15) is 5.82 Å². The van der Waals surface area contributed by atoms with Crippen LogP contribution in [0.3, 0.4) is 0 Å². The second-order valence-electron chi connectivity index (χ2n) is 4.44. The number of rotatable bonds is 4. The van der Waals surface area contributed by atoms with Crippen LogP contribution in [0, 0.1) is 5.82 Å². The number of benzene rings is 1. The number of nitrogens with one attached hydrogen (secondary N) is 1. The zero-order valence-corrected chi connectivity index (χ0v) is 10.5. The van der Waals surface area contributed by atoms with Gasteiger partial charge in [0, 0.05) is 17.7 Å². The quantitative estimate of drug-likeness (QED) is 0.872. The molecule has 94 valence electrons. The standard InChI is InChI=1S/C12H15ClFNO2/c1-12(2,5-6-16)15-11(17)8-3-4-10(14)9(13)7-8/h3-4,7,16H,5-6H2,1-2H3,(H,15,17). The first-order chi connectivity index (χ1) is 7.85. The van der Waals surface area contributed by atoms with Gasteiger partial charge in [-0.05, 0) is 38.5 Å². The number of hydrogen-bond acceptors (Lipinski definition) is 2. The topological polar surface area (TPSA) is 49.3 Å². The molecule has 17 heavy (non-hydrogen) atoms. The third-order valence-corrected chi connectivity index (χ3v) is 2.66. The van der Waals surface area contributed by atoms with Crippen LogP contribution in [0.1, 0.15) is 30.6 Å². The van der Waals surface area contributed by atoms with E-state index in [1.54, 1.807) is 13.8 Å². The molecule has 0 unspecified atom stereocenters. The van der Waals surface area contributed by atoms with Crippen molar-refractivity contribution in [2.45, 2.75) is 25.8 Å². The molecular formula is C12H15ClFNO2. The molecule has 0 saturated heterocycles. The molecule has 1 aromatic carbocycles. The minimum atomic E-state index is -0.558. The molecule has 0 radical (unpaired) electrons. The molecule has 0 atom stereocenters. The van der Waals surface area contributed by atoms with Gasteiger partial charge in [-0.2, -0.15) is 0 Å². The second-order valence-corrected chi connectivity index (χ2v) is 4.85. The Morgan fingerprint density at radius 1 is 1.53 bits per heavy atom. The van der Waals surface area contributed by atoms with Crippen LogP contribution in [0.5, 0.6) is 0 Å². The summed E-state index contributed by atoms with van der Waals surface area (Å²) in [6.45, 7) is 3.58. The Morgan fingerprint density at radius 3 is 2.71 bits per heavy atom. The predicted octanol–water partition coefficient (Wildman–Crippen LogP) is 2.37. The average Bonchev–Trinajstić information content (AvgIpc) is 2.21. The highest BCUT2D eigenvalue weighted by atomic mass is 35.5. The molecule has 0 aliphatic heterocycles. The Bertz CT molecular complexity index is 421. The maximum absolute atomic E-state index is 12.9. The highest BCUT2D eigenvalue weighted by Gasteiger charge is 2.20. The van der Waals surface area contributed by atoms with E-state index >= 15 is 0 Å². The third-order valence-electron chi connectivity index (χ3n) is 2.37. The van der Waals surface area contributed by atoms with Crippen LogP contribution in [0.15, 0.2) is 18.2 Å². The number of aliphatic hydroxyl groups is 1. The molecule has 2 N–H and O–H groups in total. The van der Waals surface area contributed by atoms with Crippen LogP contribution in [-0.2, 0) is 0 Å². The molecule has 0 aliphatic rings. The number of carbonyl (C=O) groups excluding carboxylic acids is 1. The molecule has 1 aromatic rings. The van der Waals surface area contributed by atoms with Gasteiger partial charge in [-0.3, -0.25) is 4.79 Å².